The van der Waals surface area contributed by atoms with Crippen molar-refractivity contribution in [1.82, 2.24) is 0 Å². The van der Waals surface area contributed by atoms with E-state index in [4.69, 9.17) is 4.74 Å². The summed E-state index contributed by atoms with van der Waals surface area (Å²) < 4.78 is 5.73. The van der Waals surface area contributed by atoms with Crippen LogP contribution in [0, 0.1) is 0 Å². The van der Waals surface area contributed by atoms with Crippen LogP contribution < -0.4 is 4.74 Å². The third-order valence-corrected chi connectivity index (χ3v) is 4.65. The molecule has 1 aliphatic rings. The highest BCUT2D eigenvalue weighted by Gasteiger charge is 2.28. The first-order chi connectivity index (χ1) is 9.26. The second-order valence-electron chi connectivity index (χ2n) is 4.78. The smallest absolute Gasteiger partial charge is 0.178 e. The molecule has 0 saturated carbocycles. The molecule has 1 aliphatic heterocycles. The van der Waals surface area contributed by atoms with Crippen molar-refractivity contribution in [2.24, 2.45) is 0 Å². The molecule has 0 saturated heterocycles. The lowest BCUT2D eigenvalue weighted by molar-refractivity contribution is -0.124. The molecule has 3 heteroatoms. The maximum Gasteiger partial charge on any atom is 0.178 e. The second-order valence-corrected chi connectivity index (χ2v) is 6.04. The van der Waals surface area contributed by atoms with Crippen LogP contribution >= 0.6 is 11.3 Å². The molecule has 1 atom stereocenters. The topological polar surface area (TPSA) is 26.3 Å². The lowest BCUT2D eigenvalue weighted by Gasteiger charge is -2.08. The highest BCUT2D eigenvalue weighted by Crippen LogP contribution is 2.29. The van der Waals surface area contributed by atoms with Crippen LogP contribution in [-0.4, -0.2) is 11.9 Å². The molecule has 0 amide bonds. The van der Waals surface area contributed by atoms with Crippen molar-refractivity contribution in [2.75, 3.05) is 0 Å². The lowest BCUT2D eigenvalue weighted by Crippen LogP contribution is -2.26. The van der Waals surface area contributed by atoms with Crippen molar-refractivity contribution >= 4 is 17.1 Å². The molecule has 0 bridgehead atoms. The van der Waals surface area contributed by atoms with Crippen molar-refractivity contribution in [3.8, 4) is 5.75 Å². The molecule has 0 aliphatic carbocycles. The number of carbonyl (C=O) groups excluding carboxylic acids is 1. The molecule has 1 unspecified atom stereocenters. The molecule has 0 N–H and O–H groups in total. The first kappa shape index (κ1) is 12.4. The Kier molecular flexibility index (Phi) is 3.38. The summed E-state index contributed by atoms with van der Waals surface area (Å²) in [5.41, 5.74) is 1.14. The van der Waals surface area contributed by atoms with E-state index < -0.39 is 0 Å². The fourth-order valence-corrected chi connectivity index (χ4v) is 3.32. The van der Waals surface area contributed by atoms with Gasteiger partial charge in [0, 0.05) is 22.6 Å². The first-order valence-electron chi connectivity index (χ1n) is 6.61. The number of carbonyl (C=O) groups is 1. The van der Waals surface area contributed by atoms with Crippen LogP contribution in [0.2, 0.25) is 0 Å². The Bertz CT molecular complexity index is 575. The molecule has 0 radical (unpaired) electrons. The third kappa shape index (κ3) is 2.56. The predicted octanol–water partition coefficient (Wildman–Crippen LogP) is 3.43. The summed E-state index contributed by atoms with van der Waals surface area (Å²) in [6.45, 7) is 2.13. The molecule has 2 aromatic rings. The molecule has 2 nitrogen and oxygen atoms in total. The van der Waals surface area contributed by atoms with Gasteiger partial charge in [-0.25, -0.2) is 0 Å². The number of benzene rings is 1. The number of Topliss-reactive ketones (excluding diaryl/α,β-unsaturated/α-hetero) is 1. The number of aryl methyl sites for hydroxylation is 1. The van der Waals surface area contributed by atoms with Crippen LogP contribution in [0.25, 0.3) is 0 Å². The first-order valence-corrected chi connectivity index (χ1v) is 7.42. The van der Waals surface area contributed by atoms with E-state index in [2.05, 4.69) is 19.1 Å². The van der Waals surface area contributed by atoms with Crippen LogP contribution in [0.15, 0.2) is 36.4 Å². The van der Waals surface area contributed by atoms with Gasteiger partial charge >= 0.3 is 0 Å². The number of ketones is 1. The minimum absolute atomic E-state index is 0.181. The van der Waals surface area contributed by atoms with E-state index in [1.165, 1.54) is 4.88 Å². The largest absolute Gasteiger partial charge is 0.482 e. The van der Waals surface area contributed by atoms with Gasteiger partial charge < -0.3 is 4.74 Å². The molecule has 1 aromatic carbocycles. The van der Waals surface area contributed by atoms with Gasteiger partial charge in [-0.2, -0.15) is 0 Å². The summed E-state index contributed by atoms with van der Waals surface area (Å²) in [5, 5.41) is 0. The molecule has 2 heterocycles. The Morgan fingerprint density at radius 1 is 1.26 bits per heavy atom. The summed E-state index contributed by atoms with van der Waals surface area (Å²) >= 11 is 1.73. The zero-order chi connectivity index (χ0) is 13.2. The molecule has 0 fully saturated rings. The molecular formula is C16H16O2S. The van der Waals surface area contributed by atoms with Gasteiger partial charge in [-0.1, -0.05) is 25.1 Å². The number of fused-ring (bicyclic) bond motifs is 1. The van der Waals surface area contributed by atoms with E-state index in [1.807, 2.05) is 24.3 Å². The van der Waals surface area contributed by atoms with Crippen LogP contribution in [-0.2, 0) is 24.1 Å². The van der Waals surface area contributed by atoms with Gasteiger partial charge in [0.25, 0.3) is 0 Å². The average Bonchev–Trinajstić information content (AvgIpc) is 3.04. The molecule has 1 aromatic heterocycles. The number of hydrogen-bond acceptors (Lipinski definition) is 3. The number of thiophene rings is 1. The number of ether oxygens (including phenoxy) is 1. The van der Waals surface area contributed by atoms with E-state index in [-0.39, 0.29) is 11.9 Å². The second kappa shape index (κ2) is 5.17. The Morgan fingerprint density at radius 2 is 2.05 bits per heavy atom. The van der Waals surface area contributed by atoms with Crippen molar-refractivity contribution in [3.63, 3.8) is 0 Å². The quantitative estimate of drug-likeness (QED) is 0.852. The average molecular weight is 272 g/mol. The lowest BCUT2D eigenvalue weighted by atomic mass is 10.1. The van der Waals surface area contributed by atoms with Gasteiger partial charge in [-0.05, 0) is 30.2 Å². The number of hydrogen-bond donors (Lipinski definition) is 0. The van der Waals surface area contributed by atoms with E-state index in [0.29, 0.717) is 12.8 Å². The van der Waals surface area contributed by atoms with Crippen LogP contribution in [0.5, 0.6) is 5.75 Å². The summed E-state index contributed by atoms with van der Waals surface area (Å²) in [5.74, 6) is 1.04. The number of rotatable bonds is 4. The standard InChI is InChI=1S/C16H16O2S/c1-2-12-7-8-13(19-12)10-14(17)16-9-11-5-3-4-6-15(11)18-16/h3-8,16H,2,9-10H2,1H3. The zero-order valence-corrected chi connectivity index (χ0v) is 11.7. The third-order valence-electron chi connectivity index (χ3n) is 3.42. The summed E-state index contributed by atoms with van der Waals surface area (Å²) in [7, 11) is 0. The van der Waals surface area contributed by atoms with E-state index in [1.54, 1.807) is 11.3 Å². The monoisotopic (exact) mass is 272 g/mol. The molecule has 0 spiro atoms. The summed E-state index contributed by atoms with van der Waals surface area (Å²) in [6, 6.07) is 12.1. The zero-order valence-electron chi connectivity index (χ0n) is 10.9. The maximum absolute atomic E-state index is 12.3. The van der Waals surface area contributed by atoms with Crippen molar-refractivity contribution < 1.29 is 9.53 Å². The van der Waals surface area contributed by atoms with Gasteiger partial charge in [0.05, 0.1) is 0 Å². The summed E-state index contributed by atoms with van der Waals surface area (Å²) in [6.07, 6.45) is 1.93. The van der Waals surface area contributed by atoms with Crippen molar-refractivity contribution in [2.45, 2.75) is 32.3 Å². The normalized spacial score (nSPS) is 17.0. The Hall–Kier alpha value is -1.61. The van der Waals surface area contributed by atoms with E-state index >= 15 is 0 Å². The maximum atomic E-state index is 12.3. The van der Waals surface area contributed by atoms with Gasteiger partial charge in [-0.3, -0.25) is 4.79 Å². The Balaban J connectivity index is 1.66. The highest BCUT2D eigenvalue weighted by molar-refractivity contribution is 7.12. The van der Waals surface area contributed by atoms with Crippen LogP contribution in [0.3, 0.4) is 0 Å². The van der Waals surface area contributed by atoms with Crippen molar-refractivity contribution in [1.29, 1.82) is 0 Å². The summed E-state index contributed by atoms with van der Waals surface area (Å²) in [4.78, 5) is 14.7. The molecule has 3 rings (SSSR count). The van der Waals surface area contributed by atoms with Crippen LogP contribution in [0.4, 0.5) is 0 Å². The van der Waals surface area contributed by atoms with Crippen LogP contribution in [0.1, 0.15) is 22.2 Å². The highest BCUT2D eigenvalue weighted by atomic mass is 32.1. The van der Waals surface area contributed by atoms with E-state index in [9.17, 15) is 4.79 Å². The van der Waals surface area contributed by atoms with Gasteiger partial charge in [-0.15, -0.1) is 11.3 Å². The SMILES string of the molecule is CCc1ccc(CC(=O)C2Cc3ccccc3O2)s1. The molecular weight excluding hydrogens is 256 g/mol. The van der Waals surface area contributed by atoms with Gasteiger partial charge in [0.1, 0.15) is 5.75 Å². The Labute approximate surface area is 117 Å². The number of para-hydroxylation sites is 1. The Morgan fingerprint density at radius 3 is 2.79 bits per heavy atom. The van der Waals surface area contributed by atoms with E-state index in [0.717, 1.165) is 22.6 Å². The van der Waals surface area contributed by atoms with Gasteiger partial charge in [0.15, 0.2) is 11.9 Å². The fraction of sp³-hybridized carbons (Fsp3) is 0.312. The molecule has 19 heavy (non-hydrogen) atoms. The minimum Gasteiger partial charge on any atom is -0.482 e. The fourth-order valence-electron chi connectivity index (χ4n) is 2.35. The van der Waals surface area contributed by atoms with Gasteiger partial charge in [0.2, 0.25) is 0 Å². The van der Waals surface area contributed by atoms with Crippen molar-refractivity contribution in [3.05, 3.63) is 51.7 Å². The predicted molar refractivity (Wildman–Crippen MR) is 77.0 cm³/mol. The molecule has 98 valence electrons. The minimum atomic E-state index is -0.301.